The molecule has 0 N–H and O–H groups in total. The van der Waals surface area contributed by atoms with E-state index in [4.69, 9.17) is 0 Å². The van der Waals surface area contributed by atoms with Crippen LogP contribution in [0.25, 0.3) is 16.9 Å². The summed E-state index contributed by atoms with van der Waals surface area (Å²) in [7, 11) is 0. The smallest absolute Gasteiger partial charge is 0.151 e. The van der Waals surface area contributed by atoms with E-state index >= 15 is 0 Å². The highest BCUT2D eigenvalue weighted by Crippen LogP contribution is 2.29. The maximum absolute atomic E-state index is 13.9. The largest absolute Gasteiger partial charge is 0.298 e. The van der Waals surface area contributed by atoms with Gasteiger partial charge in [0, 0.05) is 11.8 Å². The number of nitrogens with zero attached hydrogens (tertiary/aromatic N) is 2. The lowest BCUT2D eigenvalue weighted by atomic mass is 10.1. The molecule has 0 radical (unpaired) electrons. The standard InChI is InChI=1S/C14H10BrFN2/c1-9-13(10-5-2-3-7-12(10)16)18-8-4-6-11(15)14(18)17-9/h2-8H,1H3. The third-order valence-electron chi connectivity index (χ3n) is 2.91. The summed E-state index contributed by atoms with van der Waals surface area (Å²) in [6.45, 7) is 1.89. The average molecular weight is 305 g/mol. The van der Waals surface area contributed by atoms with Crippen LogP contribution in [0.3, 0.4) is 0 Å². The maximum Gasteiger partial charge on any atom is 0.151 e. The summed E-state index contributed by atoms with van der Waals surface area (Å²) in [4.78, 5) is 4.48. The lowest BCUT2D eigenvalue weighted by Gasteiger charge is -2.04. The third kappa shape index (κ3) is 1.64. The number of benzene rings is 1. The number of rotatable bonds is 1. The van der Waals surface area contributed by atoms with Gasteiger partial charge in [0.1, 0.15) is 5.82 Å². The molecule has 0 amide bonds. The lowest BCUT2D eigenvalue weighted by Crippen LogP contribution is -1.92. The molecule has 90 valence electrons. The van der Waals surface area contributed by atoms with Crippen molar-refractivity contribution in [1.82, 2.24) is 9.38 Å². The minimum Gasteiger partial charge on any atom is -0.298 e. The molecule has 18 heavy (non-hydrogen) atoms. The fraction of sp³-hybridized carbons (Fsp3) is 0.0714. The quantitative estimate of drug-likeness (QED) is 0.658. The van der Waals surface area contributed by atoms with Crippen LogP contribution in [0.2, 0.25) is 0 Å². The summed E-state index contributed by atoms with van der Waals surface area (Å²) in [5.41, 5.74) is 2.98. The Morgan fingerprint density at radius 3 is 2.72 bits per heavy atom. The number of halogens is 2. The van der Waals surface area contributed by atoms with E-state index in [0.717, 1.165) is 21.5 Å². The van der Waals surface area contributed by atoms with E-state index in [9.17, 15) is 4.39 Å². The van der Waals surface area contributed by atoms with Gasteiger partial charge in [-0.1, -0.05) is 12.1 Å². The molecular formula is C14H10BrFN2. The van der Waals surface area contributed by atoms with Crippen molar-refractivity contribution in [2.75, 3.05) is 0 Å². The molecule has 3 aromatic rings. The zero-order valence-electron chi connectivity index (χ0n) is 9.69. The first-order valence-corrected chi connectivity index (χ1v) is 6.36. The van der Waals surface area contributed by atoms with Crippen LogP contribution in [-0.4, -0.2) is 9.38 Å². The molecule has 2 aromatic heterocycles. The highest BCUT2D eigenvalue weighted by molar-refractivity contribution is 9.10. The SMILES string of the molecule is Cc1nc2c(Br)cccn2c1-c1ccccc1F. The molecule has 0 unspecified atom stereocenters. The molecule has 0 atom stereocenters. The Morgan fingerprint density at radius 1 is 1.17 bits per heavy atom. The van der Waals surface area contributed by atoms with Crippen LogP contribution in [0.4, 0.5) is 4.39 Å². The number of hydrogen-bond donors (Lipinski definition) is 0. The van der Waals surface area contributed by atoms with Crippen LogP contribution >= 0.6 is 15.9 Å². The summed E-state index contributed by atoms with van der Waals surface area (Å²) in [6.07, 6.45) is 1.89. The summed E-state index contributed by atoms with van der Waals surface area (Å²) in [5, 5.41) is 0. The Morgan fingerprint density at radius 2 is 1.94 bits per heavy atom. The van der Waals surface area contributed by atoms with Crippen LogP contribution in [-0.2, 0) is 0 Å². The predicted octanol–water partition coefficient (Wildman–Crippen LogP) is 4.21. The van der Waals surface area contributed by atoms with Gasteiger partial charge in [-0.15, -0.1) is 0 Å². The van der Waals surface area contributed by atoms with Crippen LogP contribution in [0.1, 0.15) is 5.69 Å². The number of aromatic nitrogens is 2. The number of imidazole rings is 1. The minimum atomic E-state index is -0.234. The molecule has 0 aliphatic carbocycles. The van der Waals surface area contributed by atoms with Gasteiger partial charge in [-0.2, -0.15) is 0 Å². The van der Waals surface area contributed by atoms with Crippen molar-refractivity contribution in [1.29, 1.82) is 0 Å². The minimum absolute atomic E-state index is 0.234. The molecule has 3 rings (SSSR count). The van der Waals surface area contributed by atoms with Crippen molar-refractivity contribution in [3.63, 3.8) is 0 Å². The summed E-state index contributed by atoms with van der Waals surface area (Å²) < 4.78 is 16.7. The molecule has 0 saturated carbocycles. The second kappa shape index (κ2) is 4.21. The van der Waals surface area contributed by atoms with Crippen molar-refractivity contribution in [2.45, 2.75) is 6.92 Å². The predicted molar refractivity (Wildman–Crippen MR) is 73.0 cm³/mol. The fourth-order valence-electron chi connectivity index (χ4n) is 2.13. The van der Waals surface area contributed by atoms with Gasteiger partial charge >= 0.3 is 0 Å². The number of aryl methyl sites for hydroxylation is 1. The molecule has 0 saturated heterocycles. The lowest BCUT2D eigenvalue weighted by molar-refractivity contribution is 0.630. The Kier molecular flexibility index (Phi) is 2.67. The molecule has 2 nitrogen and oxygen atoms in total. The molecule has 1 aromatic carbocycles. The number of pyridine rings is 1. The third-order valence-corrected chi connectivity index (χ3v) is 3.52. The van der Waals surface area contributed by atoms with Gasteiger partial charge in [-0.25, -0.2) is 9.37 Å². The number of fused-ring (bicyclic) bond motifs is 1. The van der Waals surface area contributed by atoms with Crippen LogP contribution in [0.15, 0.2) is 47.1 Å². The van der Waals surface area contributed by atoms with E-state index in [1.54, 1.807) is 12.1 Å². The van der Waals surface area contributed by atoms with Gasteiger partial charge in [0.05, 0.1) is 15.9 Å². The summed E-state index contributed by atoms with van der Waals surface area (Å²) in [6, 6.07) is 10.6. The molecule has 0 bridgehead atoms. The second-order valence-electron chi connectivity index (χ2n) is 4.08. The molecule has 0 aliphatic heterocycles. The van der Waals surface area contributed by atoms with Gasteiger partial charge in [-0.05, 0) is 47.1 Å². The molecular weight excluding hydrogens is 295 g/mol. The van der Waals surface area contributed by atoms with Crippen molar-refractivity contribution in [3.05, 3.63) is 58.6 Å². The normalized spacial score (nSPS) is 11.1. The topological polar surface area (TPSA) is 17.3 Å². The Bertz CT molecular complexity index is 734. The molecule has 4 heteroatoms. The molecule has 2 heterocycles. The fourth-order valence-corrected chi connectivity index (χ4v) is 2.56. The molecule has 0 aliphatic rings. The zero-order chi connectivity index (χ0) is 12.7. The van der Waals surface area contributed by atoms with Crippen molar-refractivity contribution in [3.8, 4) is 11.3 Å². The van der Waals surface area contributed by atoms with Gasteiger partial charge in [0.15, 0.2) is 5.65 Å². The summed E-state index contributed by atoms with van der Waals surface area (Å²) >= 11 is 3.46. The average Bonchev–Trinajstić information content (AvgIpc) is 2.68. The molecule has 0 spiro atoms. The van der Waals surface area contributed by atoms with Crippen LogP contribution in [0.5, 0.6) is 0 Å². The van der Waals surface area contributed by atoms with Crippen LogP contribution < -0.4 is 0 Å². The first-order chi connectivity index (χ1) is 8.68. The van der Waals surface area contributed by atoms with E-state index in [1.807, 2.05) is 35.7 Å². The maximum atomic E-state index is 13.9. The monoisotopic (exact) mass is 304 g/mol. The first kappa shape index (κ1) is 11.4. The van der Waals surface area contributed by atoms with Crippen molar-refractivity contribution in [2.24, 2.45) is 0 Å². The Balaban J connectivity index is 2.40. The van der Waals surface area contributed by atoms with Crippen molar-refractivity contribution >= 4 is 21.6 Å². The van der Waals surface area contributed by atoms with Gasteiger partial charge < -0.3 is 0 Å². The number of hydrogen-bond acceptors (Lipinski definition) is 1. The van der Waals surface area contributed by atoms with Gasteiger partial charge in [-0.3, -0.25) is 4.40 Å². The van der Waals surface area contributed by atoms with E-state index in [0.29, 0.717) is 5.56 Å². The second-order valence-corrected chi connectivity index (χ2v) is 4.93. The Hall–Kier alpha value is -1.68. The van der Waals surface area contributed by atoms with Gasteiger partial charge in [0.25, 0.3) is 0 Å². The van der Waals surface area contributed by atoms with E-state index < -0.39 is 0 Å². The first-order valence-electron chi connectivity index (χ1n) is 5.56. The van der Waals surface area contributed by atoms with E-state index in [1.165, 1.54) is 6.07 Å². The zero-order valence-corrected chi connectivity index (χ0v) is 11.3. The van der Waals surface area contributed by atoms with Crippen molar-refractivity contribution < 1.29 is 4.39 Å². The molecule has 0 fully saturated rings. The Labute approximate surface area is 112 Å². The van der Waals surface area contributed by atoms with Gasteiger partial charge in [0.2, 0.25) is 0 Å². The highest BCUT2D eigenvalue weighted by Gasteiger charge is 2.15. The highest BCUT2D eigenvalue weighted by atomic mass is 79.9. The van der Waals surface area contributed by atoms with E-state index in [2.05, 4.69) is 20.9 Å². The summed E-state index contributed by atoms with van der Waals surface area (Å²) in [5.74, 6) is -0.234. The van der Waals surface area contributed by atoms with E-state index in [-0.39, 0.29) is 5.82 Å². The van der Waals surface area contributed by atoms with Crippen LogP contribution in [0, 0.1) is 12.7 Å².